The van der Waals surface area contributed by atoms with Crippen LogP contribution in [0, 0.1) is 5.95 Å². The highest BCUT2D eigenvalue weighted by Gasteiger charge is 2.43. The van der Waals surface area contributed by atoms with Crippen LogP contribution in [0.5, 0.6) is 0 Å². The molecule has 5 heterocycles. The maximum Gasteiger partial charge on any atom is 0.333 e. The van der Waals surface area contributed by atoms with E-state index in [0.29, 0.717) is 27.6 Å². The molecule has 10 heteroatoms. The first-order valence-electron chi connectivity index (χ1n) is 8.87. The smallest absolute Gasteiger partial charge is 0.314 e. The van der Waals surface area contributed by atoms with E-state index in [1.165, 1.54) is 24.7 Å². The fraction of sp³-hybridized carbons (Fsp3) is 0.333. The molecule has 5 rings (SSSR count). The quantitative estimate of drug-likeness (QED) is 0.680. The number of rotatable bonds is 2. The number of nitrogens with one attached hydrogen (secondary N) is 1. The van der Waals surface area contributed by atoms with Gasteiger partial charge in [-0.3, -0.25) is 5.32 Å². The van der Waals surface area contributed by atoms with Gasteiger partial charge in [0.25, 0.3) is 0 Å². The molecule has 28 heavy (non-hydrogen) atoms. The largest absolute Gasteiger partial charge is 0.333 e. The van der Waals surface area contributed by atoms with Crippen molar-refractivity contribution in [1.82, 2.24) is 24.6 Å². The number of carbonyl (C=O) groups excluding carboxylic acids is 1. The van der Waals surface area contributed by atoms with Gasteiger partial charge in [0, 0.05) is 29.4 Å². The van der Waals surface area contributed by atoms with Crippen molar-refractivity contribution in [1.29, 1.82) is 0 Å². The zero-order valence-corrected chi connectivity index (χ0v) is 14.5. The van der Waals surface area contributed by atoms with Gasteiger partial charge in [-0.05, 0) is 37.0 Å². The summed E-state index contributed by atoms with van der Waals surface area (Å²) in [5.74, 6) is -0.227. The van der Waals surface area contributed by atoms with Crippen molar-refractivity contribution in [3.8, 4) is 0 Å². The topological polar surface area (TPSA) is 75.9 Å². The Morgan fingerprint density at radius 2 is 2.14 bits per heavy atom. The molecule has 2 aliphatic rings. The van der Waals surface area contributed by atoms with Crippen LogP contribution in [-0.2, 0) is 6.42 Å². The van der Waals surface area contributed by atoms with Gasteiger partial charge in [-0.15, -0.1) is 0 Å². The Kier molecular flexibility index (Phi) is 3.74. The number of carbonyl (C=O) groups is 1. The summed E-state index contributed by atoms with van der Waals surface area (Å²) >= 11 is 0. The minimum absolute atomic E-state index is 0.110. The van der Waals surface area contributed by atoms with E-state index in [4.69, 9.17) is 0 Å². The van der Waals surface area contributed by atoms with Crippen LogP contribution in [0.4, 0.5) is 23.8 Å². The minimum Gasteiger partial charge on any atom is -0.314 e. The summed E-state index contributed by atoms with van der Waals surface area (Å²) in [4.78, 5) is 22.4. The minimum atomic E-state index is -2.75. The predicted molar refractivity (Wildman–Crippen MR) is 93.3 cm³/mol. The zero-order valence-electron chi connectivity index (χ0n) is 14.5. The Morgan fingerprint density at radius 1 is 1.29 bits per heavy atom. The van der Waals surface area contributed by atoms with Crippen LogP contribution in [0.1, 0.15) is 36.6 Å². The van der Waals surface area contributed by atoms with E-state index in [1.807, 2.05) is 0 Å². The van der Waals surface area contributed by atoms with Crippen molar-refractivity contribution in [3.63, 3.8) is 0 Å². The van der Waals surface area contributed by atoms with Gasteiger partial charge in [0.2, 0.25) is 5.95 Å². The number of hydrogen-bond donors (Lipinski definition) is 1. The van der Waals surface area contributed by atoms with Gasteiger partial charge in [0.05, 0.1) is 12.2 Å². The normalized spacial score (nSPS) is 20.6. The monoisotopic (exact) mass is 388 g/mol. The molecular formula is C18H15F3N6O. The van der Waals surface area contributed by atoms with Gasteiger partial charge in [0.1, 0.15) is 11.3 Å². The average molecular weight is 388 g/mol. The fourth-order valence-electron chi connectivity index (χ4n) is 4.22. The molecule has 0 radical (unpaired) electrons. The van der Waals surface area contributed by atoms with Crippen molar-refractivity contribution in [2.24, 2.45) is 0 Å². The van der Waals surface area contributed by atoms with Gasteiger partial charge in [-0.1, -0.05) is 0 Å². The summed E-state index contributed by atoms with van der Waals surface area (Å²) in [5.41, 5.74) is 1.68. The Bertz CT molecular complexity index is 1080. The SMILES string of the molecule is O=C(Nc1cc2cn(C(F)F)nc2cn1)N1[C@@H]2CC[C@H]1c1ccnc(F)c1C2. The molecule has 1 N–H and O–H groups in total. The van der Waals surface area contributed by atoms with E-state index in [2.05, 4.69) is 20.4 Å². The second kappa shape index (κ2) is 6.18. The van der Waals surface area contributed by atoms with E-state index in [1.54, 1.807) is 11.0 Å². The standard InChI is InChI=1S/C18H15F3N6O/c19-16-12-6-10-1-2-14(11(12)3-4-22-16)27(10)18(28)24-15-5-9-8-26(17(20)21)25-13(9)7-23-15/h3-5,7-8,10,14,17H,1-2,6H2,(H,24,28)/t10-,14+/m1/s1. The molecule has 3 aromatic rings. The summed E-state index contributed by atoms with van der Waals surface area (Å²) in [6.07, 6.45) is 5.91. The van der Waals surface area contributed by atoms with Crippen LogP contribution in [0.3, 0.4) is 0 Å². The van der Waals surface area contributed by atoms with Crippen molar-refractivity contribution in [2.75, 3.05) is 5.32 Å². The number of pyridine rings is 2. The first-order chi connectivity index (χ1) is 13.5. The van der Waals surface area contributed by atoms with Crippen molar-refractivity contribution in [2.45, 2.75) is 37.9 Å². The van der Waals surface area contributed by atoms with Crippen LogP contribution < -0.4 is 5.32 Å². The molecule has 2 bridgehead atoms. The molecule has 0 aliphatic carbocycles. The highest BCUT2D eigenvalue weighted by atomic mass is 19.3. The molecule has 0 saturated carbocycles. The van der Waals surface area contributed by atoms with Crippen LogP contribution in [0.25, 0.3) is 10.9 Å². The van der Waals surface area contributed by atoms with Gasteiger partial charge in [-0.25, -0.2) is 19.4 Å². The Hall–Kier alpha value is -3.17. The lowest BCUT2D eigenvalue weighted by atomic mass is 9.95. The molecule has 2 aliphatic heterocycles. The molecule has 0 spiro atoms. The molecule has 0 unspecified atom stereocenters. The van der Waals surface area contributed by atoms with Crippen LogP contribution in [0.2, 0.25) is 0 Å². The second-order valence-electron chi connectivity index (χ2n) is 6.97. The first-order valence-corrected chi connectivity index (χ1v) is 8.87. The predicted octanol–water partition coefficient (Wildman–Crippen LogP) is 3.65. The van der Waals surface area contributed by atoms with Gasteiger partial charge in [0.15, 0.2) is 0 Å². The van der Waals surface area contributed by atoms with E-state index in [9.17, 15) is 18.0 Å². The van der Waals surface area contributed by atoms with Gasteiger partial charge in [-0.2, -0.15) is 18.3 Å². The van der Waals surface area contributed by atoms with Crippen molar-refractivity contribution < 1.29 is 18.0 Å². The summed E-state index contributed by atoms with van der Waals surface area (Å²) in [5, 5.41) is 6.91. The number of amides is 2. The van der Waals surface area contributed by atoms with E-state index in [-0.39, 0.29) is 23.9 Å². The van der Waals surface area contributed by atoms with Crippen LogP contribution >= 0.6 is 0 Å². The van der Waals surface area contributed by atoms with Gasteiger partial charge < -0.3 is 4.90 Å². The third-order valence-corrected chi connectivity index (χ3v) is 5.42. The second-order valence-corrected chi connectivity index (χ2v) is 6.97. The molecule has 144 valence electrons. The molecule has 1 saturated heterocycles. The molecule has 0 aromatic carbocycles. The molecular weight excluding hydrogens is 373 g/mol. The number of fused-ring (bicyclic) bond motifs is 5. The third-order valence-electron chi connectivity index (χ3n) is 5.42. The maximum absolute atomic E-state index is 14.0. The summed E-state index contributed by atoms with van der Waals surface area (Å²) < 4.78 is 40.1. The van der Waals surface area contributed by atoms with E-state index >= 15 is 0 Å². The van der Waals surface area contributed by atoms with E-state index in [0.717, 1.165) is 18.4 Å². The maximum atomic E-state index is 14.0. The Balaban J connectivity index is 1.41. The highest BCUT2D eigenvalue weighted by Crippen LogP contribution is 2.44. The number of anilines is 1. The highest BCUT2D eigenvalue weighted by molar-refractivity contribution is 5.91. The first kappa shape index (κ1) is 17.0. The third kappa shape index (κ3) is 2.59. The molecule has 2 amide bonds. The molecule has 3 aromatic heterocycles. The van der Waals surface area contributed by atoms with Crippen molar-refractivity contribution >= 4 is 22.8 Å². The number of aromatic nitrogens is 4. The molecule has 1 fully saturated rings. The number of halogens is 3. The average Bonchev–Trinajstić information content (AvgIpc) is 3.23. The van der Waals surface area contributed by atoms with Crippen molar-refractivity contribution in [3.05, 3.63) is 47.8 Å². The fourth-order valence-corrected chi connectivity index (χ4v) is 4.22. The summed E-state index contributed by atoms with van der Waals surface area (Å²) in [7, 11) is 0. The lowest BCUT2D eigenvalue weighted by Gasteiger charge is -2.36. The number of alkyl halides is 2. The number of nitrogens with zero attached hydrogens (tertiary/aromatic N) is 5. The van der Waals surface area contributed by atoms with Crippen LogP contribution in [0.15, 0.2) is 30.7 Å². The Labute approximate surface area is 157 Å². The lowest BCUT2D eigenvalue weighted by molar-refractivity contribution is 0.0573. The van der Waals surface area contributed by atoms with Crippen LogP contribution in [-0.4, -0.2) is 36.7 Å². The van der Waals surface area contributed by atoms with E-state index < -0.39 is 12.5 Å². The lowest BCUT2D eigenvalue weighted by Crippen LogP contribution is -2.44. The molecule has 7 nitrogen and oxygen atoms in total. The molecule has 2 atom stereocenters. The summed E-state index contributed by atoms with van der Waals surface area (Å²) in [6, 6.07) is 2.60. The summed E-state index contributed by atoms with van der Waals surface area (Å²) in [6.45, 7) is -2.75. The number of hydrogen-bond acceptors (Lipinski definition) is 4. The van der Waals surface area contributed by atoms with Gasteiger partial charge >= 0.3 is 12.6 Å². The zero-order chi connectivity index (χ0) is 19.4. The Morgan fingerprint density at radius 3 is 2.96 bits per heavy atom. The number of urea groups is 1.